The molecule has 2 aromatic rings. The lowest BCUT2D eigenvalue weighted by molar-refractivity contribution is 0.656. The Bertz CT molecular complexity index is 733. The summed E-state index contributed by atoms with van der Waals surface area (Å²) in [7, 11) is -1.45. The third-order valence-corrected chi connectivity index (χ3v) is 6.39. The zero-order valence-electron chi connectivity index (χ0n) is 9.76. The number of hydrogen-bond donors (Lipinski definition) is 1. The van der Waals surface area contributed by atoms with Crippen LogP contribution in [0.1, 0.15) is 0 Å². The topological polar surface area (TPSA) is 20.2 Å². The van der Waals surface area contributed by atoms with Crippen LogP contribution in [0.25, 0.3) is 11.1 Å². The second-order valence-electron chi connectivity index (χ2n) is 3.83. The largest absolute Gasteiger partial charge is 0.323 e. The van der Waals surface area contributed by atoms with Gasteiger partial charge in [0.25, 0.3) is 0 Å². The summed E-state index contributed by atoms with van der Waals surface area (Å²) in [4.78, 5) is 0.438. The van der Waals surface area contributed by atoms with Crippen LogP contribution in [-0.2, 0) is 20.9 Å². The van der Waals surface area contributed by atoms with Crippen molar-refractivity contribution in [1.29, 1.82) is 0 Å². The molecule has 1 N–H and O–H groups in total. The summed E-state index contributed by atoms with van der Waals surface area (Å²) in [5.74, 6) is 0. The molecular formula is C12H4Cl6OS2. The molecular weight excluding hydrogens is 437 g/mol. The molecule has 1 unspecified atom stereocenters. The van der Waals surface area contributed by atoms with Gasteiger partial charge in [-0.15, -0.1) is 0 Å². The van der Waals surface area contributed by atoms with Crippen molar-refractivity contribution in [2.24, 2.45) is 0 Å². The van der Waals surface area contributed by atoms with Crippen LogP contribution >= 0.6 is 69.6 Å². The molecule has 0 aromatic heterocycles. The molecule has 0 bridgehead atoms. The van der Waals surface area contributed by atoms with Gasteiger partial charge in [0.05, 0.1) is 25.1 Å². The monoisotopic (exact) mass is 438 g/mol. The highest BCUT2D eigenvalue weighted by molar-refractivity contribution is 8.25. The maximum absolute atomic E-state index is 9.75. The predicted octanol–water partition coefficient (Wildman–Crippen LogP) is 7.19. The Morgan fingerprint density at radius 3 is 1.76 bits per heavy atom. The summed E-state index contributed by atoms with van der Waals surface area (Å²) >= 11 is 41.4. The predicted molar refractivity (Wildman–Crippen MR) is 97.6 cm³/mol. The van der Waals surface area contributed by atoms with Crippen LogP contribution < -0.4 is 0 Å². The van der Waals surface area contributed by atoms with Crippen molar-refractivity contribution in [2.75, 3.05) is 0 Å². The summed E-state index contributed by atoms with van der Waals surface area (Å²) in [5.41, 5.74) is 0.783. The van der Waals surface area contributed by atoms with Crippen LogP contribution in [0.3, 0.4) is 0 Å². The van der Waals surface area contributed by atoms with Gasteiger partial charge in [-0.1, -0.05) is 69.6 Å². The van der Waals surface area contributed by atoms with E-state index in [1.54, 1.807) is 18.2 Å². The fourth-order valence-electron chi connectivity index (χ4n) is 1.69. The molecule has 0 saturated heterocycles. The smallest absolute Gasteiger partial charge is 0.0809 e. The lowest BCUT2D eigenvalue weighted by Gasteiger charge is -2.15. The van der Waals surface area contributed by atoms with Crippen LogP contribution in [-0.4, -0.2) is 4.55 Å². The molecule has 2 rings (SSSR count). The van der Waals surface area contributed by atoms with Crippen molar-refractivity contribution in [3.05, 3.63) is 48.3 Å². The normalized spacial score (nSPS) is 12.5. The first kappa shape index (κ1) is 18.1. The van der Waals surface area contributed by atoms with E-state index in [2.05, 4.69) is 0 Å². The lowest BCUT2D eigenvalue weighted by Crippen LogP contribution is -1.94. The molecule has 0 aliphatic heterocycles. The van der Waals surface area contributed by atoms with E-state index in [0.29, 0.717) is 21.0 Å². The average molecular weight is 441 g/mol. The van der Waals surface area contributed by atoms with Gasteiger partial charge in [0.1, 0.15) is 0 Å². The molecule has 0 spiro atoms. The number of hydrogen-bond acceptors (Lipinski definition) is 1. The van der Waals surface area contributed by atoms with E-state index in [4.69, 9.17) is 80.8 Å². The molecule has 1 nitrogen and oxygen atoms in total. The Hall–Kier alpha value is 0.710. The van der Waals surface area contributed by atoms with Crippen molar-refractivity contribution in [2.45, 2.75) is 4.90 Å². The molecule has 2 aromatic carbocycles. The Kier molecular flexibility index (Phi) is 6.09. The van der Waals surface area contributed by atoms with E-state index in [1.807, 2.05) is 0 Å². The van der Waals surface area contributed by atoms with Gasteiger partial charge in [-0.05, 0) is 29.4 Å². The molecule has 0 aliphatic rings. The van der Waals surface area contributed by atoms with Gasteiger partial charge < -0.3 is 4.55 Å². The van der Waals surface area contributed by atoms with Gasteiger partial charge in [-0.25, -0.2) is 0 Å². The Labute approximate surface area is 158 Å². The van der Waals surface area contributed by atoms with Gasteiger partial charge in [0.15, 0.2) is 0 Å². The minimum atomic E-state index is -1.45. The molecule has 0 fully saturated rings. The van der Waals surface area contributed by atoms with E-state index in [-0.39, 0.29) is 25.1 Å². The fourth-order valence-corrected chi connectivity index (χ4v) is 4.17. The van der Waals surface area contributed by atoms with Crippen molar-refractivity contribution in [1.82, 2.24) is 0 Å². The Balaban J connectivity index is 2.92. The first-order valence-electron chi connectivity index (χ1n) is 5.18. The molecule has 0 heterocycles. The molecule has 1 atom stereocenters. The Morgan fingerprint density at radius 2 is 1.29 bits per heavy atom. The quantitative estimate of drug-likeness (QED) is 0.394. The summed E-state index contributed by atoms with van der Waals surface area (Å²) in [6.07, 6.45) is 0. The summed E-state index contributed by atoms with van der Waals surface area (Å²) in [6, 6.07) is 4.77. The van der Waals surface area contributed by atoms with Crippen LogP contribution in [0.2, 0.25) is 30.1 Å². The van der Waals surface area contributed by atoms with Crippen LogP contribution in [0, 0.1) is 0 Å². The first-order chi connectivity index (χ1) is 9.75. The lowest BCUT2D eigenvalue weighted by atomic mass is 10.1. The van der Waals surface area contributed by atoms with Crippen molar-refractivity contribution < 1.29 is 4.55 Å². The zero-order chi connectivity index (χ0) is 15.9. The summed E-state index contributed by atoms with van der Waals surface area (Å²) in [6.45, 7) is 0. The molecule has 0 saturated carbocycles. The Morgan fingerprint density at radius 1 is 0.810 bits per heavy atom. The van der Waals surface area contributed by atoms with Crippen molar-refractivity contribution in [3.63, 3.8) is 0 Å². The summed E-state index contributed by atoms with van der Waals surface area (Å²) in [5, 5.41) is 0.831. The second kappa shape index (κ2) is 7.08. The van der Waals surface area contributed by atoms with E-state index in [0.717, 1.165) is 0 Å². The highest BCUT2D eigenvalue weighted by Gasteiger charge is 2.23. The van der Waals surface area contributed by atoms with E-state index >= 15 is 0 Å². The molecule has 21 heavy (non-hydrogen) atoms. The molecule has 112 valence electrons. The van der Waals surface area contributed by atoms with E-state index < -0.39 is 9.74 Å². The summed E-state index contributed by atoms with van der Waals surface area (Å²) < 4.78 is 9.75. The van der Waals surface area contributed by atoms with E-state index in [1.165, 1.54) is 0 Å². The van der Waals surface area contributed by atoms with Crippen molar-refractivity contribution >= 4 is 90.5 Å². The molecule has 0 radical (unpaired) electrons. The minimum absolute atomic E-state index is 0.0574. The van der Waals surface area contributed by atoms with Crippen LogP contribution in [0.5, 0.6) is 0 Å². The van der Waals surface area contributed by atoms with Gasteiger partial charge in [-0.3, -0.25) is 0 Å². The van der Waals surface area contributed by atoms with Crippen LogP contribution in [0.15, 0.2) is 23.1 Å². The van der Waals surface area contributed by atoms with Gasteiger partial charge in [0, 0.05) is 30.8 Å². The number of rotatable bonds is 2. The van der Waals surface area contributed by atoms with E-state index in [9.17, 15) is 4.55 Å². The first-order valence-corrected chi connectivity index (χ1v) is 9.55. The SMILES string of the molecule is OS(=S)c1ccc(Cl)cc1-c1c(Cl)c(Cl)c(Cl)c(Cl)c1Cl. The number of halogens is 6. The standard InChI is InChI=1S/C12H4Cl6OS2/c13-4-1-2-6(21(19)20)5(3-4)7-8(14)10(16)12(18)11(17)9(7)15/h1-3H,(H,19,20). The van der Waals surface area contributed by atoms with Crippen LogP contribution in [0.4, 0.5) is 0 Å². The third kappa shape index (κ3) is 3.47. The third-order valence-electron chi connectivity index (χ3n) is 2.61. The van der Waals surface area contributed by atoms with Gasteiger partial charge in [-0.2, -0.15) is 0 Å². The van der Waals surface area contributed by atoms with Gasteiger partial charge >= 0.3 is 0 Å². The second-order valence-corrected chi connectivity index (χ2v) is 8.05. The molecule has 9 heteroatoms. The maximum atomic E-state index is 9.75. The fraction of sp³-hybridized carbons (Fsp3) is 0. The molecule has 0 aliphatic carbocycles. The zero-order valence-corrected chi connectivity index (χ0v) is 15.9. The highest BCUT2D eigenvalue weighted by Crippen LogP contribution is 2.49. The maximum Gasteiger partial charge on any atom is 0.0809 e. The average Bonchev–Trinajstić information content (AvgIpc) is 2.43. The highest BCUT2D eigenvalue weighted by atomic mass is 35.5. The van der Waals surface area contributed by atoms with Crippen molar-refractivity contribution in [3.8, 4) is 11.1 Å². The van der Waals surface area contributed by atoms with Gasteiger partial charge in [0.2, 0.25) is 0 Å². The number of benzene rings is 2. The molecule has 0 amide bonds. The minimum Gasteiger partial charge on any atom is -0.323 e.